The van der Waals surface area contributed by atoms with Crippen LogP contribution in [-0.4, -0.2) is 35.5 Å². The first-order valence-electron chi connectivity index (χ1n) is 8.39. The van der Waals surface area contributed by atoms with Crippen molar-refractivity contribution in [3.05, 3.63) is 57.7 Å². The number of aryl methyl sites for hydroxylation is 1. The van der Waals surface area contributed by atoms with Crippen molar-refractivity contribution in [2.45, 2.75) is 20.8 Å². The molecule has 1 aliphatic carbocycles. The Morgan fingerprint density at radius 3 is 2.33 bits per heavy atom. The molecule has 0 fully saturated rings. The number of fused-ring (bicyclic) bond motifs is 2. The van der Waals surface area contributed by atoms with Gasteiger partial charge in [0.25, 0.3) is 0 Å². The van der Waals surface area contributed by atoms with E-state index in [0.29, 0.717) is 5.56 Å². The summed E-state index contributed by atoms with van der Waals surface area (Å²) >= 11 is 0. The minimum Gasteiger partial charge on any atom is -0.507 e. The van der Waals surface area contributed by atoms with Gasteiger partial charge in [-0.15, -0.1) is 0 Å². The molecule has 0 spiro atoms. The molecule has 0 saturated heterocycles. The first-order valence-corrected chi connectivity index (χ1v) is 8.39. The van der Waals surface area contributed by atoms with Crippen LogP contribution >= 0.6 is 0 Å². The fourth-order valence-electron chi connectivity index (χ4n) is 3.07. The lowest BCUT2D eigenvalue weighted by molar-refractivity contribution is 0.0973. The molecule has 140 valence electrons. The van der Waals surface area contributed by atoms with Gasteiger partial charge in [0.15, 0.2) is 17.3 Å². The highest BCUT2D eigenvalue weighted by Crippen LogP contribution is 2.46. The van der Waals surface area contributed by atoms with Crippen LogP contribution in [0.1, 0.15) is 51.3 Å². The Hall–Kier alpha value is -3.28. The largest absolute Gasteiger partial charge is 0.507 e. The Bertz CT molecular complexity index is 996. The van der Waals surface area contributed by atoms with Crippen LogP contribution in [-0.2, 0) is 0 Å². The van der Waals surface area contributed by atoms with Crippen molar-refractivity contribution in [1.82, 2.24) is 0 Å². The molecule has 0 amide bonds. The lowest BCUT2D eigenvalue weighted by Crippen LogP contribution is -2.22. The van der Waals surface area contributed by atoms with Crippen LogP contribution in [0, 0.1) is 6.92 Å². The molecule has 0 saturated carbocycles. The number of hydrogen-bond acceptors (Lipinski definition) is 6. The summed E-state index contributed by atoms with van der Waals surface area (Å²) in [5.41, 5.74) is 1.47. The summed E-state index contributed by atoms with van der Waals surface area (Å²) in [6.07, 6.45) is 1.80. The predicted molar refractivity (Wildman–Crippen MR) is 99.3 cm³/mol. The fraction of sp³-hybridized carbons (Fsp3) is 0.238. The van der Waals surface area contributed by atoms with Gasteiger partial charge in [-0.1, -0.05) is 5.57 Å². The van der Waals surface area contributed by atoms with E-state index in [1.54, 1.807) is 19.1 Å². The van der Waals surface area contributed by atoms with E-state index in [-0.39, 0.29) is 46.1 Å². The number of rotatable bonds is 4. The molecule has 0 radical (unpaired) electrons. The van der Waals surface area contributed by atoms with Crippen molar-refractivity contribution in [3.63, 3.8) is 0 Å². The van der Waals surface area contributed by atoms with Gasteiger partial charge in [-0.05, 0) is 50.6 Å². The molecule has 6 heteroatoms. The van der Waals surface area contributed by atoms with Gasteiger partial charge < -0.3 is 19.7 Å². The third kappa shape index (κ3) is 3.03. The second kappa shape index (κ2) is 6.79. The molecule has 2 aromatic carbocycles. The molecular weight excluding hydrogens is 348 g/mol. The van der Waals surface area contributed by atoms with Crippen LogP contribution in [0.25, 0.3) is 0 Å². The van der Waals surface area contributed by atoms with Gasteiger partial charge in [-0.3, -0.25) is 9.59 Å². The van der Waals surface area contributed by atoms with E-state index in [1.807, 2.05) is 13.8 Å². The van der Waals surface area contributed by atoms with Gasteiger partial charge in [-0.25, -0.2) is 0 Å². The van der Waals surface area contributed by atoms with Crippen LogP contribution in [0.15, 0.2) is 29.8 Å². The Balaban J connectivity index is 2.21. The third-order valence-electron chi connectivity index (χ3n) is 4.36. The number of phenols is 2. The first kappa shape index (κ1) is 18.5. The summed E-state index contributed by atoms with van der Waals surface area (Å²) in [4.78, 5) is 25.9. The fourth-order valence-corrected chi connectivity index (χ4v) is 3.07. The zero-order valence-corrected chi connectivity index (χ0v) is 15.5. The normalized spacial score (nSPS) is 12.3. The summed E-state index contributed by atoms with van der Waals surface area (Å²) in [5, 5.41) is 20.9. The molecule has 3 rings (SSSR count). The number of benzene rings is 2. The number of methoxy groups -OCH3 is 1. The lowest BCUT2D eigenvalue weighted by atomic mass is 9.82. The number of ether oxygens (including phenoxy) is 2. The van der Waals surface area contributed by atoms with Crippen LogP contribution in [0.3, 0.4) is 0 Å². The van der Waals surface area contributed by atoms with E-state index in [0.717, 1.165) is 5.57 Å². The third-order valence-corrected chi connectivity index (χ3v) is 4.36. The van der Waals surface area contributed by atoms with Crippen molar-refractivity contribution in [3.8, 4) is 23.0 Å². The SMILES string of the molecule is COc1cc2c(c(O)c1OCC=C(C)C)C(=O)c1c(O)cc(C)cc1C2=O. The zero-order valence-electron chi connectivity index (χ0n) is 15.5. The molecule has 0 aromatic heterocycles. The summed E-state index contributed by atoms with van der Waals surface area (Å²) in [6.45, 7) is 5.67. The molecular formula is C21H20O6. The molecule has 0 unspecified atom stereocenters. The Morgan fingerprint density at radius 2 is 1.70 bits per heavy atom. The maximum atomic E-state index is 13.0. The number of allylic oxidation sites excluding steroid dienone is 1. The van der Waals surface area contributed by atoms with Gasteiger partial charge >= 0.3 is 0 Å². The smallest absolute Gasteiger partial charge is 0.204 e. The number of ketones is 2. The van der Waals surface area contributed by atoms with E-state index in [4.69, 9.17) is 9.47 Å². The highest BCUT2D eigenvalue weighted by atomic mass is 16.5. The monoisotopic (exact) mass is 368 g/mol. The molecule has 0 heterocycles. The van der Waals surface area contributed by atoms with Crippen LogP contribution in [0.5, 0.6) is 23.0 Å². The molecule has 27 heavy (non-hydrogen) atoms. The number of phenolic OH excluding ortho intramolecular Hbond substituents is 2. The molecule has 0 aliphatic heterocycles. The summed E-state index contributed by atoms with van der Waals surface area (Å²) in [5.74, 6) is -1.75. The highest BCUT2D eigenvalue weighted by molar-refractivity contribution is 6.30. The standard InChI is InChI=1S/C21H20O6/c1-10(2)5-6-27-21-15(26-4)9-13-17(20(21)25)19(24)16-12(18(13)23)7-11(3)8-14(16)22/h5,7-9,22,25H,6H2,1-4H3. The highest BCUT2D eigenvalue weighted by Gasteiger charge is 2.37. The topological polar surface area (TPSA) is 93.1 Å². The van der Waals surface area contributed by atoms with E-state index >= 15 is 0 Å². The lowest BCUT2D eigenvalue weighted by Gasteiger charge is -2.22. The maximum Gasteiger partial charge on any atom is 0.204 e. The van der Waals surface area contributed by atoms with Gasteiger partial charge in [0, 0.05) is 11.1 Å². The van der Waals surface area contributed by atoms with Gasteiger partial charge in [0.2, 0.25) is 11.5 Å². The van der Waals surface area contributed by atoms with Crippen molar-refractivity contribution in [2.75, 3.05) is 13.7 Å². The summed E-state index contributed by atoms with van der Waals surface area (Å²) < 4.78 is 10.8. The minimum absolute atomic E-state index is 0.0152. The molecule has 6 nitrogen and oxygen atoms in total. The van der Waals surface area contributed by atoms with E-state index in [9.17, 15) is 19.8 Å². The van der Waals surface area contributed by atoms with Gasteiger partial charge in [-0.2, -0.15) is 0 Å². The van der Waals surface area contributed by atoms with E-state index in [1.165, 1.54) is 19.2 Å². The average Bonchev–Trinajstić information content (AvgIpc) is 2.59. The quantitative estimate of drug-likeness (QED) is 0.684. The molecule has 2 aromatic rings. The van der Waals surface area contributed by atoms with Crippen molar-refractivity contribution < 1.29 is 29.3 Å². The van der Waals surface area contributed by atoms with Crippen LogP contribution in [0.2, 0.25) is 0 Å². The number of hydrogen-bond donors (Lipinski definition) is 2. The van der Waals surface area contributed by atoms with Crippen molar-refractivity contribution in [1.29, 1.82) is 0 Å². The molecule has 0 atom stereocenters. The number of aromatic hydroxyl groups is 2. The van der Waals surface area contributed by atoms with Crippen molar-refractivity contribution >= 4 is 11.6 Å². The van der Waals surface area contributed by atoms with E-state index < -0.39 is 17.3 Å². The predicted octanol–water partition coefficient (Wildman–Crippen LogP) is 3.54. The molecule has 0 bridgehead atoms. The molecule has 1 aliphatic rings. The summed E-state index contributed by atoms with van der Waals surface area (Å²) in [7, 11) is 1.38. The van der Waals surface area contributed by atoms with Crippen molar-refractivity contribution in [2.24, 2.45) is 0 Å². The maximum absolute atomic E-state index is 13.0. The Labute approximate surface area is 156 Å². The summed E-state index contributed by atoms with van der Waals surface area (Å²) in [6, 6.07) is 4.33. The second-order valence-electron chi connectivity index (χ2n) is 6.64. The van der Waals surface area contributed by atoms with Crippen LogP contribution < -0.4 is 9.47 Å². The molecule has 2 N–H and O–H groups in total. The minimum atomic E-state index is -0.635. The van der Waals surface area contributed by atoms with E-state index in [2.05, 4.69) is 0 Å². The number of carbonyl (C=O) groups is 2. The number of carbonyl (C=O) groups excluding carboxylic acids is 2. The second-order valence-corrected chi connectivity index (χ2v) is 6.64. The Morgan fingerprint density at radius 1 is 1.04 bits per heavy atom. The van der Waals surface area contributed by atoms with Gasteiger partial charge in [0.05, 0.1) is 18.2 Å². The average molecular weight is 368 g/mol. The van der Waals surface area contributed by atoms with Gasteiger partial charge in [0.1, 0.15) is 12.4 Å². The first-order chi connectivity index (χ1) is 12.8. The van der Waals surface area contributed by atoms with Crippen LogP contribution in [0.4, 0.5) is 0 Å². The Kier molecular flexibility index (Phi) is 4.66. The zero-order chi connectivity index (χ0) is 19.9.